The van der Waals surface area contributed by atoms with E-state index in [2.05, 4.69) is 11.1 Å². The summed E-state index contributed by atoms with van der Waals surface area (Å²) in [6, 6.07) is 17.5. The molecule has 5 nitrogen and oxygen atoms in total. The topological polar surface area (TPSA) is 70.5 Å². The van der Waals surface area contributed by atoms with E-state index in [1.807, 2.05) is 30.3 Å². The van der Waals surface area contributed by atoms with Gasteiger partial charge < -0.3 is 9.84 Å². The summed E-state index contributed by atoms with van der Waals surface area (Å²) in [6.45, 7) is 1.88. The van der Waals surface area contributed by atoms with Crippen molar-refractivity contribution in [2.45, 2.75) is 19.6 Å². The molecule has 0 bridgehead atoms. The average molecular weight is 446 g/mol. The molecular formula is C25H17ClFN3O2. The highest BCUT2D eigenvalue weighted by atomic mass is 35.5. The van der Waals surface area contributed by atoms with E-state index in [9.17, 15) is 14.8 Å². The molecule has 0 amide bonds. The number of allylic oxidation sites excluding steroid dienone is 1. The fourth-order valence-electron chi connectivity index (χ4n) is 4.12. The van der Waals surface area contributed by atoms with Crippen molar-refractivity contribution in [2.24, 2.45) is 0 Å². The minimum Gasteiger partial charge on any atom is -0.488 e. The highest BCUT2D eigenvalue weighted by Crippen LogP contribution is 2.40. The monoisotopic (exact) mass is 445 g/mol. The Balaban J connectivity index is 1.65. The van der Waals surface area contributed by atoms with Gasteiger partial charge in [-0.15, -0.1) is 0 Å². The van der Waals surface area contributed by atoms with Gasteiger partial charge in [0.15, 0.2) is 5.15 Å². The molecule has 1 unspecified atom stereocenters. The summed E-state index contributed by atoms with van der Waals surface area (Å²) in [6.07, 6.45) is 0.763. The van der Waals surface area contributed by atoms with Gasteiger partial charge in [-0.25, -0.2) is 9.37 Å². The molecule has 5 rings (SSSR count). The van der Waals surface area contributed by atoms with Gasteiger partial charge in [-0.3, -0.25) is 4.40 Å². The lowest BCUT2D eigenvalue weighted by Gasteiger charge is -2.16. The van der Waals surface area contributed by atoms with Gasteiger partial charge in [0.1, 0.15) is 29.9 Å². The van der Waals surface area contributed by atoms with Crippen LogP contribution in [0.2, 0.25) is 5.15 Å². The molecule has 0 fully saturated rings. The zero-order chi connectivity index (χ0) is 22.4. The molecule has 1 N–H and O–H groups in total. The molecule has 3 heterocycles. The Labute approximate surface area is 188 Å². The smallest absolute Gasteiger partial charge is 0.154 e. The fourth-order valence-corrected chi connectivity index (χ4v) is 4.40. The number of aromatic nitrogens is 2. The van der Waals surface area contributed by atoms with Gasteiger partial charge >= 0.3 is 0 Å². The lowest BCUT2D eigenvalue weighted by Crippen LogP contribution is -2.06. The van der Waals surface area contributed by atoms with E-state index in [4.69, 9.17) is 16.3 Å². The number of halogens is 2. The van der Waals surface area contributed by atoms with Crippen molar-refractivity contribution in [3.05, 3.63) is 105 Å². The second-order valence-electron chi connectivity index (χ2n) is 7.58. The molecule has 2 aromatic heterocycles. The highest BCUT2D eigenvalue weighted by molar-refractivity contribution is 6.30. The number of aliphatic hydroxyl groups excluding tert-OH is 1. The summed E-state index contributed by atoms with van der Waals surface area (Å²) in [4.78, 5) is 4.31. The van der Waals surface area contributed by atoms with E-state index in [0.717, 1.165) is 11.1 Å². The van der Waals surface area contributed by atoms with E-state index in [-0.39, 0.29) is 11.8 Å². The number of hydrogen-bond acceptors (Lipinski definition) is 4. The van der Waals surface area contributed by atoms with Crippen molar-refractivity contribution < 1.29 is 14.2 Å². The third-order valence-electron chi connectivity index (χ3n) is 5.63. The van der Waals surface area contributed by atoms with Gasteiger partial charge in [0.2, 0.25) is 0 Å². The van der Waals surface area contributed by atoms with Crippen LogP contribution in [-0.2, 0) is 6.61 Å². The van der Waals surface area contributed by atoms with Crippen LogP contribution >= 0.6 is 11.6 Å². The molecule has 0 radical (unpaired) electrons. The van der Waals surface area contributed by atoms with Crippen LogP contribution in [0.4, 0.5) is 4.39 Å². The number of aliphatic hydroxyl groups is 1. The zero-order valence-electron chi connectivity index (χ0n) is 17.0. The maximum Gasteiger partial charge on any atom is 0.154 e. The van der Waals surface area contributed by atoms with Gasteiger partial charge in [0.25, 0.3) is 0 Å². The number of benzene rings is 2. The number of fused-ring (bicyclic) bond motifs is 3. The third kappa shape index (κ3) is 3.23. The van der Waals surface area contributed by atoms with Crippen molar-refractivity contribution in [1.29, 1.82) is 5.26 Å². The van der Waals surface area contributed by atoms with Crippen molar-refractivity contribution in [1.82, 2.24) is 9.38 Å². The molecule has 1 atom stereocenters. The Morgan fingerprint density at radius 1 is 1.22 bits per heavy atom. The first-order valence-corrected chi connectivity index (χ1v) is 10.3. The largest absolute Gasteiger partial charge is 0.488 e. The van der Waals surface area contributed by atoms with Gasteiger partial charge in [-0.2, -0.15) is 5.26 Å². The van der Waals surface area contributed by atoms with Crippen LogP contribution in [0.25, 0.3) is 11.2 Å². The average Bonchev–Trinajstić information content (AvgIpc) is 3.05. The molecule has 0 saturated heterocycles. The minimum atomic E-state index is -1.03. The van der Waals surface area contributed by atoms with E-state index < -0.39 is 11.9 Å². The Hall–Kier alpha value is -3.66. The quantitative estimate of drug-likeness (QED) is 0.417. The molecule has 0 aliphatic carbocycles. The Bertz CT molecular complexity index is 1450. The predicted molar refractivity (Wildman–Crippen MR) is 119 cm³/mol. The number of nitriles is 1. The van der Waals surface area contributed by atoms with Gasteiger partial charge in [0, 0.05) is 29.0 Å². The lowest BCUT2D eigenvalue weighted by atomic mass is 9.89. The Morgan fingerprint density at radius 3 is 2.84 bits per heavy atom. The summed E-state index contributed by atoms with van der Waals surface area (Å²) >= 11 is 6.35. The van der Waals surface area contributed by atoms with E-state index in [1.165, 1.54) is 12.1 Å². The molecule has 158 valence electrons. The normalized spacial score (nSPS) is 15.2. The van der Waals surface area contributed by atoms with Crippen molar-refractivity contribution in [3.8, 4) is 11.8 Å². The second kappa shape index (κ2) is 7.79. The first-order valence-electron chi connectivity index (χ1n) is 9.95. The van der Waals surface area contributed by atoms with Crippen molar-refractivity contribution in [2.75, 3.05) is 0 Å². The summed E-state index contributed by atoms with van der Waals surface area (Å²) in [5.74, 6) is -0.0419. The molecule has 32 heavy (non-hydrogen) atoms. The molecule has 0 spiro atoms. The molecule has 0 saturated carbocycles. The van der Waals surface area contributed by atoms with Gasteiger partial charge in [0.05, 0.1) is 11.8 Å². The maximum atomic E-state index is 13.8. The number of pyridine rings is 1. The van der Waals surface area contributed by atoms with Gasteiger partial charge in [-0.1, -0.05) is 29.8 Å². The molecular weight excluding hydrogens is 429 g/mol. The summed E-state index contributed by atoms with van der Waals surface area (Å²) in [7, 11) is 0. The van der Waals surface area contributed by atoms with E-state index in [1.54, 1.807) is 29.7 Å². The molecule has 1 aliphatic heterocycles. The van der Waals surface area contributed by atoms with E-state index in [0.29, 0.717) is 39.4 Å². The minimum absolute atomic E-state index is 0.162. The van der Waals surface area contributed by atoms with Crippen molar-refractivity contribution in [3.63, 3.8) is 0 Å². The number of rotatable bonds is 2. The van der Waals surface area contributed by atoms with Crippen LogP contribution < -0.4 is 4.74 Å². The highest BCUT2D eigenvalue weighted by Gasteiger charge is 2.25. The number of imidazole rings is 1. The number of hydrogen-bond donors (Lipinski definition) is 1. The van der Waals surface area contributed by atoms with Crippen LogP contribution in [0, 0.1) is 17.1 Å². The molecule has 4 aromatic rings. The van der Waals surface area contributed by atoms with E-state index >= 15 is 0 Å². The predicted octanol–water partition coefficient (Wildman–Crippen LogP) is 5.45. The molecule has 2 aromatic carbocycles. The fraction of sp³-hybridized carbons (Fsp3) is 0.120. The van der Waals surface area contributed by atoms with Crippen LogP contribution in [0.5, 0.6) is 5.75 Å². The summed E-state index contributed by atoms with van der Waals surface area (Å²) in [5.41, 5.74) is 5.10. The van der Waals surface area contributed by atoms with Crippen molar-refractivity contribution >= 4 is 22.8 Å². The SMILES string of the molecule is CC(C#N)=C1c2ccc(C(O)c3c(Cl)nc4ccccn34)cc2COc2cc(F)ccc21. The number of nitrogens with zero attached hydrogens (tertiary/aromatic N) is 3. The molecule has 1 aliphatic rings. The summed E-state index contributed by atoms with van der Waals surface area (Å²) < 4.78 is 21.5. The summed E-state index contributed by atoms with van der Waals surface area (Å²) in [5, 5.41) is 21.0. The standard InChI is InChI=1S/C25H17ClFN3O2/c1-14(12-28)22-18-7-5-15(10-16(18)13-32-20-11-17(27)6-8-19(20)22)24(31)23-25(26)29-21-4-2-3-9-30(21)23/h2-11,24,31H,13H2,1H3. The van der Waals surface area contributed by atoms with Crippen LogP contribution in [-0.4, -0.2) is 14.5 Å². The van der Waals surface area contributed by atoms with Crippen LogP contribution in [0.3, 0.4) is 0 Å². The third-order valence-corrected chi connectivity index (χ3v) is 5.91. The Kier molecular flexibility index (Phi) is 4.93. The zero-order valence-corrected chi connectivity index (χ0v) is 17.8. The van der Waals surface area contributed by atoms with Crippen LogP contribution in [0.15, 0.2) is 66.4 Å². The Morgan fingerprint density at radius 2 is 2.03 bits per heavy atom. The first-order chi connectivity index (χ1) is 15.5. The maximum absolute atomic E-state index is 13.8. The van der Waals surface area contributed by atoms with Gasteiger partial charge in [-0.05, 0) is 53.9 Å². The first kappa shape index (κ1) is 20.3. The van der Waals surface area contributed by atoms with Crippen LogP contribution in [0.1, 0.15) is 41.0 Å². The second-order valence-corrected chi connectivity index (χ2v) is 7.93. The number of ether oxygens (including phenoxy) is 1. The lowest BCUT2D eigenvalue weighted by molar-refractivity contribution is 0.214. The molecule has 7 heteroatoms.